The Labute approximate surface area is 115 Å². The molecule has 112 valence electrons. The van der Waals surface area contributed by atoms with E-state index in [1.165, 1.54) is 29.2 Å². The second-order valence-corrected chi connectivity index (χ2v) is 4.52. The minimum absolute atomic E-state index is 0.153. The summed E-state index contributed by atoms with van der Waals surface area (Å²) in [6.45, 7) is 1.18. The maximum atomic E-state index is 12.7. The molecule has 20 heavy (non-hydrogen) atoms. The highest BCUT2D eigenvalue weighted by molar-refractivity contribution is 5.95. The lowest BCUT2D eigenvalue weighted by Gasteiger charge is -2.21. The van der Waals surface area contributed by atoms with Gasteiger partial charge in [-0.05, 0) is 43.8 Å². The molecule has 0 unspecified atom stereocenters. The van der Waals surface area contributed by atoms with Gasteiger partial charge in [-0.25, -0.2) is 4.39 Å². The van der Waals surface area contributed by atoms with E-state index in [1.807, 2.05) is 0 Å². The summed E-state index contributed by atoms with van der Waals surface area (Å²) in [7, 11) is 0. The van der Waals surface area contributed by atoms with Gasteiger partial charge in [0, 0.05) is 12.0 Å². The quantitative estimate of drug-likeness (QED) is 0.564. The molecule has 0 N–H and O–H groups in total. The molecule has 0 spiro atoms. The van der Waals surface area contributed by atoms with Crippen LogP contribution in [-0.2, 0) is 0 Å². The summed E-state index contributed by atoms with van der Waals surface area (Å²) < 4.78 is 49.4. The third kappa shape index (κ3) is 6.14. The van der Waals surface area contributed by atoms with Crippen LogP contribution >= 0.6 is 0 Å². The summed E-state index contributed by atoms with van der Waals surface area (Å²) in [4.78, 5) is 13.0. The lowest BCUT2D eigenvalue weighted by atomic mass is 10.1. The van der Waals surface area contributed by atoms with E-state index in [2.05, 4.69) is 0 Å². The molecule has 0 fully saturated rings. The molecular weight excluding hydrogens is 274 g/mol. The molecule has 0 aliphatic carbocycles. The van der Waals surface area contributed by atoms with Crippen LogP contribution in [-0.4, -0.2) is 36.5 Å². The third-order valence-electron chi connectivity index (χ3n) is 2.89. The van der Waals surface area contributed by atoms with Crippen LogP contribution in [0, 0.1) is 5.82 Å². The highest BCUT2D eigenvalue weighted by Crippen LogP contribution is 2.17. The van der Waals surface area contributed by atoms with E-state index < -0.39 is 18.5 Å². The van der Waals surface area contributed by atoms with Crippen molar-refractivity contribution in [2.45, 2.75) is 25.9 Å². The lowest BCUT2D eigenvalue weighted by molar-refractivity contribution is -0.145. The standard InChI is InChI=1S/C14H17F4NO/c1-2-19(10-14(16,17)18)9-3-4-13(20)11-5-7-12(15)8-6-11/h5-8H,2-4,9-10H2,1H3. The predicted molar refractivity (Wildman–Crippen MR) is 68.1 cm³/mol. The van der Waals surface area contributed by atoms with Crippen LogP contribution in [0.15, 0.2) is 24.3 Å². The molecule has 0 saturated carbocycles. The van der Waals surface area contributed by atoms with Gasteiger partial charge in [0.2, 0.25) is 0 Å². The highest BCUT2D eigenvalue weighted by atomic mass is 19.4. The minimum Gasteiger partial charge on any atom is -0.295 e. The Morgan fingerprint density at radius 3 is 2.30 bits per heavy atom. The Kier molecular flexibility index (Phi) is 6.13. The molecule has 6 heteroatoms. The van der Waals surface area contributed by atoms with Crippen LogP contribution in [0.25, 0.3) is 0 Å². The number of benzene rings is 1. The van der Waals surface area contributed by atoms with Gasteiger partial charge in [0.25, 0.3) is 0 Å². The van der Waals surface area contributed by atoms with Crippen molar-refractivity contribution in [2.75, 3.05) is 19.6 Å². The number of ketones is 1. The van der Waals surface area contributed by atoms with Crippen molar-refractivity contribution in [3.05, 3.63) is 35.6 Å². The van der Waals surface area contributed by atoms with Gasteiger partial charge in [0.1, 0.15) is 5.82 Å². The smallest absolute Gasteiger partial charge is 0.295 e. The van der Waals surface area contributed by atoms with E-state index in [0.29, 0.717) is 12.0 Å². The molecule has 0 saturated heterocycles. The number of carbonyl (C=O) groups excluding carboxylic acids is 1. The summed E-state index contributed by atoms with van der Waals surface area (Å²) in [5.41, 5.74) is 0.380. The van der Waals surface area contributed by atoms with Crippen molar-refractivity contribution >= 4 is 5.78 Å². The van der Waals surface area contributed by atoms with Gasteiger partial charge in [-0.3, -0.25) is 9.69 Å². The Bertz CT molecular complexity index is 428. The summed E-state index contributed by atoms with van der Waals surface area (Å²) in [5.74, 6) is -0.614. The van der Waals surface area contributed by atoms with Crippen molar-refractivity contribution in [2.24, 2.45) is 0 Å². The summed E-state index contributed by atoms with van der Waals surface area (Å²) in [6, 6.07) is 5.14. The van der Waals surface area contributed by atoms with Crippen LogP contribution in [0.3, 0.4) is 0 Å². The van der Waals surface area contributed by atoms with E-state index in [4.69, 9.17) is 0 Å². The molecule has 0 aliphatic rings. The second kappa shape index (κ2) is 7.38. The van der Waals surface area contributed by atoms with Crippen molar-refractivity contribution in [3.8, 4) is 0 Å². The fraction of sp³-hybridized carbons (Fsp3) is 0.500. The number of hydrogen-bond donors (Lipinski definition) is 0. The Balaban J connectivity index is 2.39. The Morgan fingerprint density at radius 1 is 1.20 bits per heavy atom. The maximum Gasteiger partial charge on any atom is 0.401 e. The molecule has 1 aromatic rings. The topological polar surface area (TPSA) is 20.3 Å². The number of hydrogen-bond acceptors (Lipinski definition) is 2. The molecule has 0 aliphatic heterocycles. The molecule has 1 aromatic carbocycles. The molecule has 0 radical (unpaired) electrons. The van der Waals surface area contributed by atoms with Crippen molar-refractivity contribution < 1.29 is 22.4 Å². The van der Waals surface area contributed by atoms with Crippen molar-refractivity contribution in [1.29, 1.82) is 0 Å². The molecule has 1 rings (SSSR count). The first-order valence-electron chi connectivity index (χ1n) is 6.39. The average Bonchev–Trinajstić information content (AvgIpc) is 2.36. The first kappa shape index (κ1) is 16.6. The van der Waals surface area contributed by atoms with Gasteiger partial charge in [-0.1, -0.05) is 6.92 Å². The van der Waals surface area contributed by atoms with Gasteiger partial charge in [-0.15, -0.1) is 0 Å². The number of alkyl halides is 3. The zero-order valence-corrected chi connectivity index (χ0v) is 11.2. The molecule has 2 nitrogen and oxygen atoms in total. The molecule has 0 amide bonds. The number of carbonyl (C=O) groups is 1. The van der Waals surface area contributed by atoms with Gasteiger partial charge in [-0.2, -0.15) is 13.2 Å². The van der Waals surface area contributed by atoms with Gasteiger partial charge in [0.15, 0.2) is 5.78 Å². The van der Waals surface area contributed by atoms with E-state index in [0.717, 1.165) is 0 Å². The first-order valence-corrected chi connectivity index (χ1v) is 6.39. The SMILES string of the molecule is CCN(CCCC(=O)c1ccc(F)cc1)CC(F)(F)F. The summed E-state index contributed by atoms with van der Waals surface area (Å²) in [6.07, 6.45) is -3.73. The second-order valence-electron chi connectivity index (χ2n) is 4.52. The van der Waals surface area contributed by atoms with Crippen LogP contribution in [0.5, 0.6) is 0 Å². The first-order chi connectivity index (χ1) is 9.31. The lowest BCUT2D eigenvalue weighted by Crippen LogP contribution is -2.34. The molecule has 0 atom stereocenters. The van der Waals surface area contributed by atoms with Crippen LogP contribution in [0.1, 0.15) is 30.1 Å². The third-order valence-corrected chi connectivity index (χ3v) is 2.89. The Morgan fingerprint density at radius 2 is 1.80 bits per heavy atom. The van der Waals surface area contributed by atoms with E-state index in [9.17, 15) is 22.4 Å². The van der Waals surface area contributed by atoms with Crippen molar-refractivity contribution in [1.82, 2.24) is 4.90 Å². The number of Topliss-reactive ketones (excluding diaryl/α,β-unsaturated/α-hetero) is 1. The zero-order valence-electron chi connectivity index (χ0n) is 11.2. The van der Waals surface area contributed by atoms with Crippen LogP contribution in [0.2, 0.25) is 0 Å². The highest BCUT2D eigenvalue weighted by Gasteiger charge is 2.29. The molecule has 0 heterocycles. The fourth-order valence-electron chi connectivity index (χ4n) is 1.85. The van der Waals surface area contributed by atoms with E-state index in [-0.39, 0.29) is 25.3 Å². The summed E-state index contributed by atoms with van der Waals surface area (Å²) in [5, 5.41) is 0. The molecule has 0 aromatic heterocycles. The number of rotatable bonds is 7. The minimum atomic E-state index is -4.23. The number of nitrogens with zero attached hydrogens (tertiary/aromatic N) is 1. The predicted octanol–water partition coefficient (Wildman–Crippen LogP) is 3.67. The van der Waals surface area contributed by atoms with Crippen LogP contribution in [0.4, 0.5) is 17.6 Å². The summed E-state index contributed by atoms with van der Waals surface area (Å²) >= 11 is 0. The van der Waals surface area contributed by atoms with Gasteiger partial charge < -0.3 is 0 Å². The normalized spacial score (nSPS) is 11.9. The molecular formula is C14H17F4NO. The number of halogens is 4. The van der Waals surface area contributed by atoms with E-state index in [1.54, 1.807) is 6.92 Å². The van der Waals surface area contributed by atoms with Gasteiger partial charge >= 0.3 is 6.18 Å². The average molecular weight is 291 g/mol. The fourth-order valence-corrected chi connectivity index (χ4v) is 1.85. The largest absolute Gasteiger partial charge is 0.401 e. The van der Waals surface area contributed by atoms with Crippen molar-refractivity contribution in [3.63, 3.8) is 0 Å². The maximum absolute atomic E-state index is 12.7. The zero-order chi connectivity index (χ0) is 15.2. The van der Waals surface area contributed by atoms with Crippen LogP contribution < -0.4 is 0 Å². The molecule has 0 bridgehead atoms. The van der Waals surface area contributed by atoms with Gasteiger partial charge in [0.05, 0.1) is 6.54 Å². The monoisotopic (exact) mass is 291 g/mol. The van der Waals surface area contributed by atoms with E-state index >= 15 is 0 Å². The Hall–Kier alpha value is -1.43.